The number of thioether (sulfide) groups is 1. The number of hydrogen-bond donors (Lipinski definition) is 1. The van der Waals surface area contributed by atoms with E-state index in [9.17, 15) is 14.4 Å². The maximum atomic E-state index is 10.9. The van der Waals surface area contributed by atoms with Gasteiger partial charge in [-0.3, -0.25) is 9.59 Å². The minimum atomic E-state index is -0.929. The molecule has 1 N–H and O–H groups in total. The van der Waals surface area contributed by atoms with Gasteiger partial charge in [0.1, 0.15) is 6.29 Å². The zero-order valence-corrected chi connectivity index (χ0v) is 10.2. The minimum Gasteiger partial charge on any atom is -0.481 e. The summed E-state index contributed by atoms with van der Waals surface area (Å²) in [4.78, 5) is 32.1. The van der Waals surface area contributed by atoms with Gasteiger partial charge in [0.25, 0.3) is 0 Å². The maximum Gasteiger partial charge on any atom is 0.306 e. The molecule has 0 amide bonds. The molecule has 0 heterocycles. The lowest BCUT2D eigenvalue weighted by atomic mass is 10.1. The average Bonchev–Trinajstić information content (AvgIpc) is 2.26. The highest BCUT2D eigenvalue weighted by Crippen LogP contribution is 2.28. The zero-order chi connectivity index (χ0) is 12.6. The van der Waals surface area contributed by atoms with Crippen molar-refractivity contribution in [3.8, 4) is 0 Å². The van der Waals surface area contributed by atoms with Crippen LogP contribution in [0.5, 0.6) is 0 Å². The van der Waals surface area contributed by atoms with Crippen molar-refractivity contribution in [2.45, 2.75) is 30.9 Å². The third-order valence-electron chi connectivity index (χ3n) is 2.05. The quantitative estimate of drug-likeness (QED) is 0.512. The number of rotatable bonds is 8. The molecule has 1 unspecified atom stereocenters. The number of carbonyl (C=O) groups is 3. The summed E-state index contributed by atoms with van der Waals surface area (Å²) in [5.74, 6) is -0.817. The van der Waals surface area contributed by atoms with E-state index in [0.29, 0.717) is 5.75 Å². The summed E-state index contributed by atoms with van der Waals surface area (Å²) in [6, 6.07) is 0. The first-order valence-corrected chi connectivity index (χ1v) is 5.81. The molecule has 0 aromatic carbocycles. The summed E-state index contributed by atoms with van der Waals surface area (Å²) in [5, 5.41) is 8.52. The Labute approximate surface area is 98.5 Å². The Kier molecular flexibility index (Phi) is 6.80. The van der Waals surface area contributed by atoms with Gasteiger partial charge in [-0.25, -0.2) is 0 Å². The van der Waals surface area contributed by atoms with Crippen molar-refractivity contribution >= 4 is 30.0 Å². The van der Waals surface area contributed by atoms with Crippen molar-refractivity contribution in [3.63, 3.8) is 0 Å². The monoisotopic (exact) mass is 248 g/mol. The van der Waals surface area contributed by atoms with Crippen LogP contribution in [0.3, 0.4) is 0 Å². The third-order valence-corrected chi connectivity index (χ3v) is 3.42. The van der Waals surface area contributed by atoms with E-state index < -0.39 is 10.7 Å². The molecule has 92 valence electrons. The average molecular weight is 248 g/mol. The molecule has 0 saturated carbocycles. The second kappa shape index (κ2) is 7.27. The van der Waals surface area contributed by atoms with Crippen LogP contribution in [0.2, 0.25) is 0 Å². The Morgan fingerprint density at radius 3 is 2.50 bits per heavy atom. The number of aldehydes is 1. The van der Waals surface area contributed by atoms with E-state index in [0.717, 1.165) is 6.29 Å². The number of carboxylic acids is 1. The lowest BCUT2D eigenvalue weighted by Crippen LogP contribution is -2.24. The van der Waals surface area contributed by atoms with Gasteiger partial charge in [0.15, 0.2) is 0 Å². The molecule has 0 bridgehead atoms. The lowest BCUT2D eigenvalue weighted by molar-refractivity contribution is -0.140. The second-order valence-corrected chi connectivity index (χ2v) is 5.13. The molecule has 5 nitrogen and oxygen atoms in total. The Morgan fingerprint density at radius 1 is 1.44 bits per heavy atom. The first kappa shape index (κ1) is 15.0. The van der Waals surface area contributed by atoms with Crippen molar-refractivity contribution in [3.05, 3.63) is 0 Å². The molecule has 0 aromatic rings. The Bertz CT molecular complexity index is 266. The van der Waals surface area contributed by atoms with Gasteiger partial charge in [0.2, 0.25) is 0 Å². The highest BCUT2D eigenvalue weighted by Gasteiger charge is 2.25. The Hall–Kier alpha value is -1.04. The van der Waals surface area contributed by atoms with Gasteiger partial charge in [-0.2, -0.15) is 0 Å². The molecular formula is C10H16O5S. The molecule has 0 spiro atoms. The molecule has 0 radical (unpaired) electrons. The molecule has 6 heteroatoms. The van der Waals surface area contributed by atoms with Crippen LogP contribution >= 0.6 is 11.8 Å². The summed E-state index contributed by atoms with van der Waals surface area (Å²) in [5.41, 5.74) is 0. The molecular weight excluding hydrogens is 232 g/mol. The molecule has 0 aliphatic carbocycles. The minimum absolute atomic E-state index is 0.0551. The van der Waals surface area contributed by atoms with E-state index in [1.807, 2.05) is 0 Å². The Morgan fingerprint density at radius 2 is 2.06 bits per heavy atom. The van der Waals surface area contributed by atoms with Crippen LogP contribution in [0.15, 0.2) is 0 Å². The fourth-order valence-electron chi connectivity index (χ4n) is 0.990. The predicted octanol–water partition coefficient (Wildman–Crippen LogP) is 1.11. The van der Waals surface area contributed by atoms with Crippen molar-refractivity contribution in [2.75, 3.05) is 12.9 Å². The number of ether oxygens (including phenoxy) is 1. The van der Waals surface area contributed by atoms with Crippen LogP contribution < -0.4 is 0 Å². The summed E-state index contributed by atoms with van der Waals surface area (Å²) in [6.07, 6.45) is 1.16. The second-order valence-electron chi connectivity index (χ2n) is 3.50. The standard InChI is InChI=1S/C10H16O5S/c1-10(7-11,5-3-8(12)13)16-6-4-9(14)15-2/h7H,3-6H2,1-2H3,(H,12,13). The fourth-order valence-corrected chi connectivity index (χ4v) is 2.04. The van der Waals surface area contributed by atoms with E-state index in [-0.39, 0.29) is 25.2 Å². The van der Waals surface area contributed by atoms with Crippen molar-refractivity contribution in [1.82, 2.24) is 0 Å². The lowest BCUT2D eigenvalue weighted by Gasteiger charge is -2.21. The number of methoxy groups -OCH3 is 1. The Balaban J connectivity index is 4.01. The van der Waals surface area contributed by atoms with Gasteiger partial charge in [0.05, 0.1) is 18.3 Å². The van der Waals surface area contributed by atoms with Crippen molar-refractivity contribution in [1.29, 1.82) is 0 Å². The maximum absolute atomic E-state index is 10.9. The smallest absolute Gasteiger partial charge is 0.306 e. The molecule has 0 aliphatic rings. The highest BCUT2D eigenvalue weighted by molar-refractivity contribution is 8.01. The number of esters is 1. The molecule has 0 rings (SSSR count). The van der Waals surface area contributed by atoms with Crippen LogP contribution in [0.4, 0.5) is 0 Å². The van der Waals surface area contributed by atoms with Gasteiger partial charge in [-0.15, -0.1) is 11.8 Å². The van der Waals surface area contributed by atoms with Crippen molar-refractivity contribution < 1.29 is 24.2 Å². The van der Waals surface area contributed by atoms with Gasteiger partial charge >= 0.3 is 11.9 Å². The first-order chi connectivity index (χ1) is 7.43. The summed E-state index contributed by atoms with van der Waals surface area (Å²) < 4.78 is 3.72. The van der Waals surface area contributed by atoms with Crippen LogP contribution in [0, 0.1) is 0 Å². The van der Waals surface area contributed by atoms with E-state index in [1.165, 1.54) is 18.9 Å². The largest absolute Gasteiger partial charge is 0.481 e. The summed E-state index contributed by atoms with van der Waals surface area (Å²) >= 11 is 1.28. The normalized spacial score (nSPS) is 13.9. The van der Waals surface area contributed by atoms with E-state index in [1.54, 1.807) is 6.92 Å². The van der Waals surface area contributed by atoms with Gasteiger partial charge in [-0.05, 0) is 13.3 Å². The number of hydrogen-bond acceptors (Lipinski definition) is 5. The van der Waals surface area contributed by atoms with Crippen LogP contribution in [-0.4, -0.2) is 40.9 Å². The number of carbonyl (C=O) groups excluding carboxylic acids is 2. The van der Waals surface area contributed by atoms with Gasteiger partial charge in [-0.1, -0.05) is 0 Å². The molecule has 0 fully saturated rings. The van der Waals surface area contributed by atoms with E-state index >= 15 is 0 Å². The summed E-state index contributed by atoms with van der Waals surface area (Å²) in [6.45, 7) is 1.67. The summed E-state index contributed by atoms with van der Waals surface area (Å²) in [7, 11) is 1.30. The van der Waals surface area contributed by atoms with Gasteiger partial charge in [0, 0.05) is 12.2 Å². The molecule has 16 heavy (non-hydrogen) atoms. The predicted molar refractivity (Wildman–Crippen MR) is 60.4 cm³/mol. The third kappa shape index (κ3) is 6.44. The molecule has 0 saturated heterocycles. The SMILES string of the molecule is COC(=O)CCSC(C)(C=O)CCC(=O)O. The molecule has 0 aromatic heterocycles. The van der Waals surface area contributed by atoms with Crippen LogP contribution in [0.25, 0.3) is 0 Å². The van der Waals surface area contributed by atoms with Crippen molar-refractivity contribution in [2.24, 2.45) is 0 Å². The molecule has 1 atom stereocenters. The number of carboxylic acid groups (broad SMARTS) is 1. The zero-order valence-electron chi connectivity index (χ0n) is 9.39. The van der Waals surface area contributed by atoms with E-state index in [2.05, 4.69) is 4.74 Å². The molecule has 0 aliphatic heterocycles. The fraction of sp³-hybridized carbons (Fsp3) is 0.700. The topological polar surface area (TPSA) is 80.7 Å². The van der Waals surface area contributed by atoms with Crippen LogP contribution in [-0.2, 0) is 19.1 Å². The first-order valence-electron chi connectivity index (χ1n) is 4.82. The number of aliphatic carboxylic acids is 1. The highest BCUT2D eigenvalue weighted by atomic mass is 32.2. The van der Waals surface area contributed by atoms with Gasteiger partial charge < -0.3 is 14.6 Å². The van der Waals surface area contributed by atoms with Crippen LogP contribution in [0.1, 0.15) is 26.2 Å². The van der Waals surface area contributed by atoms with E-state index in [4.69, 9.17) is 5.11 Å².